The van der Waals surface area contributed by atoms with Crippen molar-refractivity contribution in [1.82, 2.24) is 0 Å². The van der Waals surface area contributed by atoms with E-state index in [1.54, 1.807) is 0 Å². The average Bonchev–Trinajstić information content (AvgIpc) is 2.38. The van der Waals surface area contributed by atoms with E-state index in [2.05, 4.69) is 0 Å². The minimum absolute atomic E-state index is 0.0364. The lowest BCUT2D eigenvalue weighted by atomic mass is 10.0. The van der Waals surface area contributed by atoms with Crippen LogP contribution in [-0.2, 0) is 9.59 Å². The van der Waals surface area contributed by atoms with E-state index in [0.29, 0.717) is 12.8 Å². The molecule has 109 valence electrons. The van der Waals surface area contributed by atoms with Crippen LogP contribution in [-0.4, -0.2) is 11.6 Å². The van der Waals surface area contributed by atoms with Crippen LogP contribution < -0.4 is 0 Å². The van der Waals surface area contributed by atoms with Crippen molar-refractivity contribution in [3.8, 4) is 0 Å². The maximum Gasteiger partial charge on any atom is 0.144 e. The number of rotatable bonds is 0. The van der Waals surface area contributed by atoms with Gasteiger partial charge in [-0.1, -0.05) is 64.2 Å². The van der Waals surface area contributed by atoms with Gasteiger partial charge in [-0.3, -0.25) is 9.59 Å². The fourth-order valence-corrected chi connectivity index (χ4v) is 2.69. The van der Waals surface area contributed by atoms with Crippen molar-refractivity contribution >= 4 is 11.6 Å². The molecule has 0 heterocycles. The highest BCUT2D eigenvalue weighted by Gasteiger charge is 2.09. The molecule has 1 saturated carbocycles. The second-order valence-corrected chi connectivity index (χ2v) is 5.82. The molecule has 0 aromatic carbocycles. The third kappa shape index (κ3) is 9.86. The topological polar surface area (TPSA) is 34.1 Å². The van der Waals surface area contributed by atoms with Crippen molar-refractivity contribution in [2.45, 2.75) is 89.9 Å². The highest BCUT2D eigenvalue weighted by Crippen LogP contribution is 2.14. The van der Waals surface area contributed by atoms with Crippen LogP contribution in [0.5, 0.6) is 0 Å². The Morgan fingerprint density at radius 2 is 0.737 bits per heavy atom. The van der Waals surface area contributed by atoms with E-state index in [1.165, 1.54) is 57.8 Å². The van der Waals surface area contributed by atoms with E-state index in [0.717, 1.165) is 25.7 Å². The number of hydrogen-bond acceptors (Lipinski definition) is 2. The van der Waals surface area contributed by atoms with E-state index in [-0.39, 0.29) is 11.6 Å². The van der Waals surface area contributed by atoms with Crippen molar-refractivity contribution in [2.24, 2.45) is 0 Å². The Hall–Kier alpha value is -0.660. The van der Waals surface area contributed by atoms with Crippen LogP contribution in [0.25, 0.3) is 0 Å². The molecule has 0 bridgehead atoms. The molecule has 19 heavy (non-hydrogen) atoms. The summed E-state index contributed by atoms with van der Waals surface area (Å²) in [5, 5.41) is 0. The lowest BCUT2D eigenvalue weighted by Gasteiger charge is -2.02. The van der Waals surface area contributed by atoms with Gasteiger partial charge in [0, 0.05) is 12.8 Å². The highest BCUT2D eigenvalue weighted by molar-refractivity contribution is 6.10. The van der Waals surface area contributed by atoms with Crippen LogP contribution in [0.4, 0.5) is 0 Å². The van der Waals surface area contributed by atoms with E-state index in [1.807, 2.05) is 0 Å². The van der Waals surface area contributed by atoms with Gasteiger partial charge in [0.2, 0.25) is 0 Å². The first-order valence-electron chi connectivity index (χ1n) is 8.19. The lowest BCUT2D eigenvalue weighted by molar-refractivity contribution is -0.122. The van der Waals surface area contributed by atoms with Gasteiger partial charge in [-0.05, 0) is 12.8 Å². The molecule has 0 aromatic heterocycles. The molecule has 0 unspecified atom stereocenters. The molecule has 1 rings (SSSR count). The smallest absolute Gasteiger partial charge is 0.144 e. The van der Waals surface area contributed by atoms with Gasteiger partial charge in [0.15, 0.2) is 0 Å². The molecule has 2 heteroatoms. The number of hydrogen-bond donors (Lipinski definition) is 0. The quantitative estimate of drug-likeness (QED) is 0.630. The van der Waals surface area contributed by atoms with E-state index in [9.17, 15) is 9.59 Å². The van der Waals surface area contributed by atoms with Crippen LogP contribution in [0.1, 0.15) is 89.9 Å². The summed E-state index contributed by atoms with van der Waals surface area (Å²) >= 11 is 0. The largest absolute Gasteiger partial charge is 0.299 e. The third-order valence-electron chi connectivity index (χ3n) is 3.92. The lowest BCUT2D eigenvalue weighted by Crippen LogP contribution is -2.08. The van der Waals surface area contributed by atoms with Crippen LogP contribution in [0.3, 0.4) is 0 Å². The summed E-state index contributed by atoms with van der Waals surface area (Å²) in [7, 11) is 0. The van der Waals surface area contributed by atoms with E-state index in [4.69, 9.17) is 0 Å². The standard InChI is InChI=1S/C17H29O2/c18-16-13-11-9-7-5-3-1-2-4-6-8-10-12-14-17(19)15-16/h15H,1-14H2. The van der Waals surface area contributed by atoms with Gasteiger partial charge in [0.1, 0.15) is 11.6 Å². The molecule has 1 fully saturated rings. The Morgan fingerprint density at radius 1 is 0.474 bits per heavy atom. The molecule has 1 aliphatic carbocycles. The van der Waals surface area contributed by atoms with E-state index < -0.39 is 0 Å². The van der Waals surface area contributed by atoms with Crippen molar-refractivity contribution in [2.75, 3.05) is 0 Å². The van der Waals surface area contributed by atoms with Crippen LogP contribution in [0.15, 0.2) is 0 Å². The minimum Gasteiger partial charge on any atom is -0.299 e. The first-order valence-corrected chi connectivity index (χ1v) is 8.19. The van der Waals surface area contributed by atoms with Crippen molar-refractivity contribution in [3.63, 3.8) is 0 Å². The maximum absolute atomic E-state index is 11.6. The summed E-state index contributed by atoms with van der Waals surface area (Å²) in [6.07, 6.45) is 17.1. The van der Waals surface area contributed by atoms with Crippen molar-refractivity contribution < 1.29 is 9.59 Å². The number of Topliss-reactive ketones (excluding diaryl/α,β-unsaturated/α-hetero) is 2. The van der Waals surface area contributed by atoms with Gasteiger partial charge >= 0.3 is 0 Å². The van der Waals surface area contributed by atoms with Gasteiger partial charge < -0.3 is 0 Å². The molecule has 0 amide bonds. The Bertz CT molecular complexity index is 232. The van der Waals surface area contributed by atoms with Gasteiger partial charge in [0.25, 0.3) is 0 Å². The molecular weight excluding hydrogens is 236 g/mol. The van der Waals surface area contributed by atoms with Crippen LogP contribution in [0, 0.1) is 6.42 Å². The Balaban J connectivity index is 2.23. The molecule has 0 N–H and O–H groups in total. The summed E-state index contributed by atoms with van der Waals surface area (Å²) in [6, 6.07) is 0. The predicted molar refractivity (Wildman–Crippen MR) is 79.0 cm³/mol. The zero-order chi connectivity index (χ0) is 13.8. The van der Waals surface area contributed by atoms with E-state index >= 15 is 0 Å². The number of ketones is 2. The predicted octanol–water partition coefficient (Wildman–Crippen LogP) is 4.80. The number of carbonyl (C=O) groups excluding carboxylic acids is 2. The van der Waals surface area contributed by atoms with Crippen molar-refractivity contribution in [1.29, 1.82) is 0 Å². The molecule has 0 saturated heterocycles. The van der Waals surface area contributed by atoms with Crippen LogP contribution in [0.2, 0.25) is 0 Å². The fourth-order valence-electron chi connectivity index (χ4n) is 2.69. The molecule has 0 atom stereocenters. The summed E-state index contributed by atoms with van der Waals surface area (Å²) in [5.74, 6) is 0.0728. The maximum atomic E-state index is 11.6. The third-order valence-corrected chi connectivity index (χ3v) is 3.92. The minimum atomic E-state index is 0.0364. The molecule has 1 radical (unpaired) electrons. The molecule has 0 aliphatic heterocycles. The second-order valence-electron chi connectivity index (χ2n) is 5.82. The van der Waals surface area contributed by atoms with Gasteiger partial charge in [-0.15, -0.1) is 0 Å². The Morgan fingerprint density at radius 3 is 1.05 bits per heavy atom. The number of carbonyl (C=O) groups is 2. The zero-order valence-electron chi connectivity index (χ0n) is 12.3. The van der Waals surface area contributed by atoms with Gasteiger partial charge in [-0.2, -0.15) is 0 Å². The van der Waals surface area contributed by atoms with Crippen LogP contribution >= 0.6 is 0 Å². The monoisotopic (exact) mass is 265 g/mol. The van der Waals surface area contributed by atoms with Gasteiger partial charge in [0.05, 0.1) is 6.42 Å². The molecule has 0 aromatic rings. The normalized spacial score (nSPS) is 22.9. The first-order chi connectivity index (χ1) is 9.29. The fraction of sp³-hybridized carbons (Fsp3) is 0.824. The molecule has 2 nitrogen and oxygen atoms in total. The highest BCUT2D eigenvalue weighted by atomic mass is 16.1. The Labute approximate surface area is 118 Å². The zero-order valence-corrected chi connectivity index (χ0v) is 12.3. The molecular formula is C17H29O2. The molecule has 1 aliphatic rings. The van der Waals surface area contributed by atoms with Crippen molar-refractivity contribution in [3.05, 3.63) is 6.42 Å². The molecule has 0 spiro atoms. The SMILES string of the molecule is O=C1[CH]C(=O)CCCCCCCCCCCCCC1. The van der Waals surface area contributed by atoms with Gasteiger partial charge in [-0.25, -0.2) is 0 Å². The Kier molecular flexibility index (Phi) is 9.66. The average molecular weight is 265 g/mol. The first kappa shape index (κ1) is 16.4. The summed E-state index contributed by atoms with van der Waals surface area (Å²) in [5.41, 5.74) is 0. The summed E-state index contributed by atoms with van der Waals surface area (Å²) in [6.45, 7) is 0. The summed E-state index contributed by atoms with van der Waals surface area (Å²) in [4.78, 5) is 23.1. The summed E-state index contributed by atoms with van der Waals surface area (Å²) < 4.78 is 0. The second kappa shape index (κ2) is 11.2.